The molecule has 0 fully saturated rings. The molecule has 6 heteroatoms. The first-order chi connectivity index (χ1) is 13.0. The lowest BCUT2D eigenvalue weighted by Gasteiger charge is -2.12. The first-order valence-electron chi connectivity index (χ1n) is 8.93. The minimum atomic E-state index is 0.0478. The van der Waals surface area contributed by atoms with Gasteiger partial charge in [0.2, 0.25) is 0 Å². The molecule has 2 aromatic carbocycles. The lowest BCUT2D eigenvalue weighted by atomic mass is 10.2. The molecule has 0 bridgehead atoms. The summed E-state index contributed by atoms with van der Waals surface area (Å²) in [6, 6.07) is 13.2. The molecule has 1 N–H and O–H groups in total. The van der Waals surface area contributed by atoms with E-state index in [9.17, 15) is 0 Å². The second-order valence-electron chi connectivity index (χ2n) is 5.61. The summed E-state index contributed by atoms with van der Waals surface area (Å²) >= 11 is 6.24. The Labute approximate surface area is 167 Å². The highest BCUT2D eigenvalue weighted by molar-refractivity contribution is 6.32. The number of halogens is 1. The van der Waals surface area contributed by atoms with Crippen molar-refractivity contribution in [3.05, 3.63) is 58.6 Å². The Morgan fingerprint density at radius 3 is 2.33 bits per heavy atom. The Balaban J connectivity index is 0.00000176. The largest absolute Gasteiger partial charge is 0.489 e. The van der Waals surface area contributed by atoms with Gasteiger partial charge in [0.25, 0.3) is 0 Å². The van der Waals surface area contributed by atoms with E-state index in [1.54, 1.807) is 12.1 Å². The van der Waals surface area contributed by atoms with Crippen LogP contribution >= 0.6 is 11.6 Å². The number of ether oxygens (including phenoxy) is 1. The van der Waals surface area contributed by atoms with Crippen LogP contribution in [0.25, 0.3) is 0 Å². The highest BCUT2D eigenvalue weighted by atomic mass is 35.5. The number of nitrogens with zero attached hydrogens (tertiary/aromatic N) is 2. The summed E-state index contributed by atoms with van der Waals surface area (Å²) in [6.45, 7) is 11.8. The number of aliphatic imine (C=N–C) groups is 1. The number of hydrogen-bond acceptors (Lipinski definition) is 4. The Morgan fingerprint density at radius 1 is 1.15 bits per heavy atom. The van der Waals surface area contributed by atoms with Gasteiger partial charge in [0.05, 0.1) is 11.1 Å². The highest BCUT2D eigenvalue weighted by Crippen LogP contribution is 2.27. The Hall–Kier alpha value is -2.53. The van der Waals surface area contributed by atoms with Crippen molar-refractivity contribution in [2.45, 2.75) is 40.4 Å². The zero-order chi connectivity index (χ0) is 20.2. The molecule has 5 nitrogen and oxygen atoms in total. The van der Waals surface area contributed by atoms with E-state index in [1.807, 2.05) is 65.1 Å². The van der Waals surface area contributed by atoms with E-state index >= 15 is 0 Å². The van der Waals surface area contributed by atoms with Crippen LogP contribution in [0.4, 0.5) is 5.69 Å². The van der Waals surface area contributed by atoms with E-state index in [2.05, 4.69) is 22.2 Å². The molecule has 2 aromatic rings. The van der Waals surface area contributed by atoms with Crippen LogP contribution in [0.1, 0.15) is 38.8 Å². The fourth-order valence-electron chi connectivity index (χ4n) is 2.10. The van der Waals surface area contributed by atoms with Crippen LogP contribution < -0.4 is 10.1 Å². The minimum absolute atomic E-state index is 0.0478. The van der Waals surface area contributed by atoms with Crippen LogP contribution in [0.15, 0.2) is 52.6 Å². The normalized spacial score (nSPS) is 10.7. The van der Waals surface area contributed by atoms with Crippen LogP contribution in [0.5, 0.6) is 5.75 Å². The van der Waals surface area contributed by atoms with Crippen LogP contribution in [-0.4, -0.2) is 25.7 Å². The van der Waals surface area contributed by atoms with Crippen LogP contribution in [0, 0.1) is 0 Å². The smallest absolute Gasteiger partial charge is 0.198 e. The van der Waals surface area contributed by atoms with Gasteiger partial charge in [-0.05, 0) is 56.5 Å². The van der Waals surface area contributed by atoms with Crippen molar-refractivity contribution in [2.75, 3.05) is 12.4 Å². The van der Waals surface area contributed by atoms with Crippen LogP contribution in [0.3, 0.4) is 0 Å². The maximum absolute atomic E-state index is 6.24. The number of nitrogens with one attached hydrogen (secondary N) is 1. The van der Waals surface area contributed by atoms with Gasteiger partial charge >= 0.3 is 0 Å². The number of benzene rings is 2. The molecular weight excluding hydrogens is 362 g/mol. The van der Waals surface area contributed by atoms with E-state index < -0.39 is 0 Å². The SMILES string of the molecule is C=N/C(=N\OCc1ccc(NC)cc1)c1ccc(OC(C)C)c(Cl)c1.CC. The van der Waals surface area contributed by atoms with E-state index in [4.69, 9.17) is 21.2 Å². The quantitative estimate of drug-likeness (QED) is 0.371. The summed E-state index contributed by atoms with van der Waals surface area (Å²) in [5.41, 5.74) is 2.76. The summed E-state index contributed by atoms with van der Waals surface area (Å²) in [6.07, 6.45) is 0.0478. The molecule has 0 aliphatic rings. The predicted molar refractivity (Wildman–Crippen MR) is 115 cm³/mol. The predicted octanol–water partition coefficient (Wildman–Crippen LogP) is 5.77. The minimum Gasteiger partial charge on any atom is -0.489 e. The maximum Gasteiger partial charge on any atom is 0.198 e. The molecule has 0 saturated heterocycles. The van der Waals surface area contributed by atoms with Crippen molar-refractivity contribution >= 4 is 29.8 Å². The van der Waals surface area contributed by atoms with E-state index in [1.165, 1.54) is 0 Å². The number of rotatable bonds is 7. The zero-order valence-corrected chi connectivity index (χ0v) is 17.4. The van der Waals surface area contributed by atoms with Crippen molar-refractivity contribution in [3.63, 3.8) is 0 Å². The van der Waals surface area contributed by atoms with Gasteiger partial charge in [-0.2, -0.15) is 0 Å². The molecule has 0 spiro atoms. The lowest BCUT2D eigenvalue weighted by Crippen LogP contribution is -2.06. The first-order valence-corrected chi connectivity index (χ1v) is 9.31. The average Bonchev–Trinajstić information content (AvgIpc) is 2.69. The molecular formula is C21H28ClN3O2. The molecule has 0 amide bonds. The third-order valence-corrected chi connectivity index (χ3v) is 3.62. The summed E-state index contributed by atoms with van der Waals surface area (Å²) < 4.78 is 5.62. The molecule has 0 saturated carbocycles. The van der Waals surface area contributed by atoms with Crippen molar-refractivity contribution in [1.29, 1.82) is 0 Å². The van der Waals surface area contributed by atoms with E-state index in [-0.39, 0.29) is 6.10 Å². The number of anilines is 1. The van der Waals surface area contributed by atoms with Gasteiger partial charge in [0, 0.05) is 18.3 Å². The monoisotopic (exact) mass is 389 g/mol. The Morgan fingerprint density at radius 2 is 1.81 bits per heavy atom. The van der Waals surface area contributed by atoms with Gasteiger partial charge in [-0.15, -0.1) is 0 Å². The standard InChI is InChI=1S/C19H22ClN3O2.C2H6/c1-13(2)25-18-10-7-15(11-17(18)20)19(22-4)23-24-12-14-5-8-16(21-3)9-6-14;1-2/h5-11,13,21H,4,12H2,1-3H3;1-2H3/b23-19-;. The second kappa shape index (κ2) is 12.0. The molecule has 0 aromatic heterocycles. The zero-order valence-electron chi connectivity index (χ0n) is 16.6. The van der Waals surface area contributed by atoms with Gasteiger partial charge in [-0.1, -0.05) is 42.7 Å². The molecule has 0 unspecified atom stereocenters. The highest BCUT2D eigenvalue weighted by Gasteiger charge is 2.09. The summed E-state index contributed by atoms with van der Waals surface area (Å²) in [7, 11) is 1.88. The van der Waals surface area contributed by atoms with Crippen LogP contribution in [0.2, 0.25) is 5.02 Å². The van der Waals surface area contributed by atoms with Gasteiger partial charge in [0.15, 0.2) is 5.84 Å². The average molecular weight is 390 g/mol. The van der Waals surface area contributed by atoms with Crippen molar-refractivity contribution < 1.29 is 9.57 Å². The van der Waals surface area contributed by atoms with E-state index in [0.29, 0.717) is 28.8 Å². The molecule has 0 aliphatic heterocycles. The molecule has 2 rings (SSSR count). The topological polar surface area (TPSA) is 55.2 Å². The lowest BCUT2D eigenvalue weighted by molar-refractivity contribution is 0.130. The molecule has 0 aliphatic carbocycles. The van der Waals surface area contributed by atoms with Gasteiger partial charge in [-0.25, -0.2) is 4.99 Å². The van der Waals surface area contributed by atoms with Gasteiger partial charge < -0.3 is 14.9 Å². The maximum atomic E-state index is 6.24. The summed E-state index contributed by atoms with van der Waals surface area (Å²) in [5.74, 6) is 0.985. The molecule has 0 heterocycles. The Bertz CT molecular complexity index is 744. The molecule has 0 atom stereocenters. The fourth-order valence-corrected chi connectivity index (χ4v) is 2.32. The Kier molecular flexibility index (Phi) is 9.98. The third-order valence-electron chi connectivity index (χ3n) is 3.33. The third kappa shape index (κ3) is 7.31. The first kappa shape index (κ1) is 22.5. The molecule has 146 valence electrons. The van der Waals surface area contributed by atoms with Crippen molar-refractivity contribution in [2.24, 2.45) is 10.1 Å². The molecule has 0 radical (unpaired) electrons. The summed E-state index contributed by atoms with van der Waals surface area (Å²) in [5, 5.41) is 7.61. The fraction of sp³-hybridized carbons (Fsp3) is 0.333. The number of oxime groups is 1. The molecule has 27 heavy (non-hydrogen) atoms. The van der Waals surface area contributed by atoms with Crippen molar-refractivity contribution in [3.8, 4) is 5.75 Å². The van der Waals surface area contributed by atoms with Crippen LogP contribution in [-0.2, 0) is 11.4 Å². The van der Waals surface area contributed by atoms with Gasteiger partial charge in [0.1, 0.15) is 12.4 Å². The summed E-state index contributed by atoms with van der Waals surface area (Å²) in [4.78, 5) is 9.31. The van der Waals surface area contributed by atoms with Gasteiger partial charge in [-0.3, -0.25) is 0 Å². The number of amidine groups is 1. The second-order valence-corrected chi connectivity index (χ2v) is 6.01. The van der Waals surface area contributed by atoms with Crippen molar-refractivity contribution in [1.82, 2.24) is 0 Å². The van der Waals surface area contributed by atoms with E-state index in [0.717, 1.165) is 11.3 Å². The number of hydrogen-bond donors (Lipinski definition) is 1.